The van der Waals surface area contributed by atoms with Gasteiger partial charge in [0.25, 0.3) is 0 Å². The molecular formula is C17H22O5. The van der Waals surface area contributed by atoms with Crippen LogP contribution in [0.5, 0.6) is 5.75 Å². The summed E-state index contributed by atoms with van der Waals surface area (Å²) in [5.41, 5.74) is 0.503. The van der Waals surface area contributed by atoms with Crippen LogP contribution in [0.4, 0.5) is 0 Å². The number of phenols is 1. The number of hydrogen-bond donors (Lipinski definition) is 1. The quantitative estimate of drug-likeness (QED) is 0.431. The Morgan fingerprint density at radius 1 is 1.05 bits per heavy atom. The van der Waals surface area contributed by atoms with E-state index in [0.29, 0.717) is 12.2 Å². The summed E-state index contributed by atoms with van der Waals surface area (Å²) >= 11 is 0. The molecule has 0 amide bonds. The van der Waals surface area contributed by atoms with Crippen LogP contribution in [0.2, 0.25) is 0 Å². The normalized spacial score (nSPS) is 10.6. The minimum absolute atomic E-state index is 0.0537. The van der Waals surface area contributed by atoms with Gasteiger partial charge < -0.3 is 14.6 Å². The number of phenolic OH excluding ortho intramolecular Hbond substituents is 1. The Kier molecular flexibility index (Phi) is 8.42. The molecule has 0 aromatic heterocycles. The third-order valence-corrected chi connectivity index (χ3v) is 2.96. The second-order valence-electron chi connectivity index (χ2n) is 4.80. The third kappa shape index (κ3) is 7.47. The molecular weight excluding hydrogens is 284 g/mol. The summed E-state index contributed by atoms with van der Waals surface area (Å²) in [6.07, 6.45) is 6.16. The van der Waals surface area contributed by atoms with Gasteiger partial charge in [-0.25, -0.2) is 9.59 Å². The second kappa shape index (κ2) is 10.4. The lowest BCUT2D eigenvalue weighted by atomic mass is 10.2. The van der Waals surface area contributed by atoms with Gasteiger partial charge >= 0.3 is 11.9 Å². The number of esters is 2. The van der Waals surface area contributed by atoms with Gasteiger partial charge in [0.05, 0.1) is 6.61 Å². The van der Waals surface area contributed by atoms with Crippen LogP contribution in [0.3, 0.4) is 0 Å². The average molecular weight is 306 g/mol. The minimum atomic E-state index is -0.661. The highest BCUT2D eigenvalue weighted by molar-refractivity contribution is 5.91. The standard InChI is InChI=1S/C17H22O5/c1-2-3-4-7-12-21-16(19)10-11-17(20)22-13-14-8-5-6-9-15(14)18/h5-6,8-11,18H,2-4,7,12-13H2,1H3/b11-10-. The first kappa shape index (κ1) is 17.8. The van der Waals surface area contributed by atoms with Crippen LogP contribution in [-0.4, -0.2) is 23.7 Å². The van der Waals surface area contributed by atoms with E-state index >= 15 is 0 Å². The number of carbonyl (C=O) groups is 2. The molecule has 0 aliphatic rings. The van der Waals surface area contributed by atoms with E-state index in [1.165, 1.54) is 6.07 Å². The molecule has 0 fully saturated rings. The van der Waals surface area contributed by atoms with Crippen molar-refractivity contribution in [2.75, 3.05) is 6.61 Å². The van der Waals surface area contributed by atoms with Crippen LogP contribution in [0.25, 0.3) is 0 Å². The zero-order chi connectivity index (χ0) is 16.2. The Morgan fingerprint density at radius 3 is 2.41 bits per heavy atom. The molecule has 1 N–H and O–H groups in total. The van der Waals surface area contributed by atoms with Crippen molar-refractivity contribution in [1.82, 2.24) is 0 Å². The Hall–Kier alpha value is -2.30. The smallest absolute Gasteiger partial charge is 0.331 e. The number of hydrogen-bond acceptors (Lipinski definition) is 5. The highest BCUT2D eigenvalue weighted by atomic mass is 16.5. The zero-order valence-corrected chi connectivity index (χ0v) is 12.8. The van der Waals surface area contributed by atoms with Crippen LogP contribution >= 0.6 is 0 Å². The second-order valence-corrected chi connectivity index (χ2v) is 4.80. The largest absolute Gasteiger partial charge is 0.508 e. The predicted molar refractivity (Wildman–Crippen MR) is 82.1 cm³/mol. The first-order chi connectivity index (χ1) is 10.6. The van der Waals surface area contributed by atoms with Gasteiger partial charge in [-0.1, -0.05) is 44.4 Å². The lowest BCUT2D eigenvalue weighted by Crippen LogP contribution is -2.05. The van der Waals surface area contributed by atoms with E-state index in [4.69, 9.17) is 9.47 Å². The molecule has 22 heavy (non-hydrogen) atoms. The van der Waals surface area contributed by atoms with Crippen molar-refractivity contribution in [3.05, 3.63) is 42.0 Å². The fourth-order valence-corrected chi connectivity index (χ4v) is 1.72. The summed E-state index contributed by atoms with van der Waals surface area (Å²) in [5, 5.41) is 9.52. The Morgan fingerprint density at radius 2 is 1.73 bits per heavy atom. The van der Waals surface area contributed by atoms with Gasteiger partial charge in [-0.05, 0) is 12.5 Å². The van der Waals surface area contributed by atoms with Gasteiger partial charge in [-0.3, -0.25) is 0 Å². The fraction of sp³-hybridized carbons (Fsp3) is 0.412. The minimum Gasteiger partial charge on any atom is -0.508 e. The number of rotatable bonds is 9. The van der Waals surface area contributed by atoms with E-state index in [0.717, 1.165) is 37.8 Å². The number of ether oxygens (including phenoxy) is 2. The molecule has 0 aliphatic heterocycles. The summed E-state index contributed by atoms with van der Waals surface area (Å²) in [6.45, 7) is 2.41. The molecule has 0 unspecified atom stereocenters. The monoisotopic (exact) mass is 306 g/mol. The van der Waals surface area contributed by atoms with Crippen LogP contribution in [0.1, 0.15) is 38.2 Å². The van der Waals surface area contributed by atoms with Crippen molar-refractivity contribution in [3.63, 3.8) is 0 Å². The van der Waals surface area contributed by atoms with E-state index in [-0.39, 0.29) is 12.4 Å². The maximum absolute atomic E-state index is 11.4. The summed E-state index contributed by atoms with van der Waals surface area (Å²) < 4.78 is 9.87. The number of para-hydroxylation sites is 1. The van der Waals surface area contributed by atoms with E-state index in [9.17, 15) is 14.7 Å². The van der Waals surface area contributed by atoms with Gasteiger partial charge in [0.2, 0.25) is 0 Å². The highest BCUT2D eigenvalue weighted by Crippen LogP contribution is 2.16. The topological polar surface area (TPSA) is 72.8 Å². The van der Waals surface area contributed by atoms with Gasteiger partial charge in [0.1, 0.15) is 12.4 Å². The van der Waals surface area contributed by atoms with Crippen molar-refractivity contribution in [1.29, 1.82) is 0 Å². The molecule has 5 heteroatoms. The van der Waals surface area contributed by atoms with Gasteiger partial charge in [0, 0.05) is 17.7 Å². The van der Waals surface area contributed by atoms with Crippen molar-refractivity contribution >= 4 is 11.9 Å². The van der Waals surface area contributed by atoms with Gasteiger partial charge in [-0.2, -0.15) is 0 Å². The number of carbonyl (C=O) groups excluding carboxylic acids is 2. The molecule has 0 heterocycles. The van der Waals surface area contributed by atoms with E-state index in [1.54, 1.807) is 18.2 Å². The maximum atomic E-state index is 11.4. The highest BCUT2D eigenvalue weighted by Gasteiger charge is 2.04. The molecule has 0 atom stereocenters. The third-order valence-electron chi connectivity index (χ3n) is 2.96. The van der Waals surface area contributed by atoms with E-state index in [1.807, 2.05) is 0 Å². The molecule has 1 aromatic carbocycles. The molecule has 0 radical (unpaired) electrons. The molecule has 120 valence electrons. The molecule has 0 aliphatic carbocycles. The van der Waals surface area contributed by atoms with Crippen LogP contribution in [-0.2, 0) is 25.7 Å². The van der Waals surface area contributed by atoms with Crippen LogP contribution in [0, 0.1) is 0 Å². The summed E-state index contributed by atoms with van der Waals surface area (Å²) in [4.78, 5) is 22.8. The number of unbranched alkanes of at least 4 members (excludes halogenated alkanes) is 3. The summed E-state index contributed by atoms with van der Waals surface area (Å²) in [5.74, 6) is -1.16. The lowest BCUT2D eigenvalue weighted by Gasteiger charge is -2.04. The van der Waals surface area contributed by atoms with Gasteiger partial charge in [0.15, 0.2) is 0 Å². The fourth-order valence-electron chi connectivity index (χ4n) is 1.72. The molecule has 1 rings (SSSR count). The molecule has 5 nitrogen and oxygen atoms in total. The first-order valence-corrected chi connectivity index (χ1v) is 7.42. The summed E-state index contributed by atoms with van der Waals surface area (Å²) in [7, 11) is 0. The van der Waals surface area contributed by atoms with Crippen molar-refractivity contribution in [2.24, 2.45) is 0 Å². The number of aromatic hydroxyl groups is 1. The zero-order valence-electron chi connectivity index (χ0n) is 12.8. The predicted octanol–water partition coefficient (Wildman–Crippen LogP) is 3.12. The maximum Gasteiger partial charge on any atom is 0.331 e. The Bertz CT molecular complexity index is 508. The summed E-state index contributed by atoms with van der Waals surface area (Å²) in [6, 6.07) is 6.57. The molecule has 0 spiro atoms. The molecule has 0 saturated heterocycles. The molecule has 0 saturated carbocycles. The van der Waals surface area contributed by atoms with E-state index in [2.05, 4.69) is 6.92 Å². The van der Waals surface area contributed by atoms with Crippen molar-refractivity contribution in [3.8, 4) is 5.75 Å². The SMILES string of the molecule is CCCCCCOC(=O)/C=C\C(=O)OCc1ccccc1O. The lowest BCUT2D eigenvalue weighted by molar-refractivity contribution is -0.141. The number of benzene rings is 1. The first-order valence-electron chi connectivity index (χ1n) is 7.42. The molecule has 0 bridgehead atoms. The Labute approximate surface area is 130 Å². The average Bonchev–Trinajstić information content (AvgIpc) is 2.52. The van der Waals surface area contributed by atoms with Crippen LogP contribution < -0.4 is 0 Å². The van der Waals surface area contributed by atoms with E-state index < -0.39 is 11.9 Å². The van der Waals surface area contributed by atoms with Crippen molar-refractivity contribution in [2.45, 2.75) is 39.2 Å². The molecule has 1 aromatic rings. The Balaban J connectivity index is 2.23. The van der Waals surface area contributed by atoms with Crippen LogP contribution in [0.15, 0.2) is 36.4 Å². The van der Waals surface area contributed by atoms with Gasteiger partial charge in [-0.15, -0.1) is 0 Å². The van der Waals surface area contributed by atoms with Crippen molar-refractivity contribution < 1.29 is 24.2 Å².